The van der Waals surface area contributed by atoms with E-state index in [1.807, 2.05) is 63.2 Å². The van der Waals surface area contributed by atoms with Crippen LogP contribution < -0.4 is 9.62 Å². The van der Waals surface area contributed by atoms with E-state index in [4.69, 9.17) is 0 Å². The molecule has 2 amide bonds. The molecule has 1 atom stereocenters. The maximum Gasteiger partial charge on any atom is 0.244 e. The summed E-state index contributed by atoms with van der Waals surface area (Å²) in [5, 5.41) is 3.17. The first kappa shape index (κ1) is 28.7. The molecular weight excluding hydrogens is 486 g/mol. The molecule has 1 aliphatic rings. The van der Waals surface area contributed by atoms with Crippen molar-refractivity contribution in [2.45, 2.75) is 83.8 Å². The second-order valence-corrected chi connectivity index (χ2v) is 12.2. The smallest absolute Gasteiger partial charge is 0.244 e. The number of carbonyl (C=O) groups is 2. The Morgan fingerprint density at radius 1 is 0.973 bits per heavy atom. The quantitative estimate of drug-likeness (QED) is 0.453. The summed E-state index contributed by atoms with van der Waals surface area (Å²) in [5.41, 5.74) is 2.22. The molecule has 0 bridgehead atoms. The van der Waals surface area contributed by atoms with Crippen LogP contribution in [0.4, 0.5) is 5.69 Å². The Balaban J connectivity index is 1.93. The van der Waals surface area contributed by atoms with Crippen molar-refractivity contribution >= 4 is 27.5 Å². The maximum absolute atomic E-state index is 13.9. The number of benzene rings is 2. The van der Waals surface area contributed by atoms with E-state index in [1.165, 1.54) is 10.7 Å². The van der Waals surface area contributed by atoms with Crippen molar-refractivity contribution in [1.29, 1.82) is 0 Å². The van der Waals surface area contributed by atoms with Gasteiger partial charge in [0.1, 0.15) is 12.6 Å². The van der Waals surface area contributed by atoms with Crippen molar-refractivity contribution in [2.24, 2.45) is 0 Å². The van der Waals surface area contributed by atoms with Crippen molar-refractivity contribution in [3.05, 3.63) is 65.7 Å². The van der Waals surface area contributed by atoms with Gasteiger partial charge in [-0.2, -0.15) is 0 Å². The van der Waals surface area contributed by atoms with Crippen molar-refractivity contribution < 1.29 is 18.0 Å². The van der Waals surface area contributed by atoms with Gasteiger partial charge in [0, 0.05) is 12.6 Å². The van der Waals surface area contributed by atoms with E-state index < -0.39 is 22.0 Å². The Kier molecular flexibility index (Phi) is 10.1. The van der Waals surface area contributed by atoms with Gasteiger partial charge in [0.25, 0.3) is 0 Å². The van der Waals surface area contributed by atoms with Gasteiger partial charge in [-0.1, -0.05) is 88.6 Å². The number of nitrogens with zero attached hydrogens (tertiary/aromatic N) is 2. The Bertz CT molecular complexity index is 1140. The lowest BCUT2D eigenvalue weighted by atomic mass is 9.95. The van der Waals surface area contributed by atoms with Gasteiger partial charge in [0.2, 0.25) is 21.8 Å². The zero-order valence-corrected chi connectivity index (χ0v) is 23.3. The molecule has 0 saturated heterocycles. The number of nitrogens with one attached hydrogen (secondary N) is 1. The van der Waals surface area contributed by atoms with Crippen LogP contribution in [0.25, 0.3) is 0 Å². The zero-order valence-electron chi connectivity index (χ0n) is 22.5. The third-order valence-electron chi connectivity index (χ3n) is 7.04. The van der Waals surface area contributed by atoms with Crippen molar-refractivity contribution in [3.63, 3.8) is 0 Å². The molecule has 8 heteroatoms. The number of hydrogen-bond donors (Lipinski definition) is 1. The van der Waals surface area contributed by atoms with Gasteiger partial charge in [0.15, 0.2) is 0 Å². The van der Waals surface area contributed by atoms with Crippen LogP contribution in [0.3, 0.4) is 0 Å². The molecule has 0 unspecified atom stereocenters. The summed E-state index contributed by atoms with van der Waals surface area (Å²) in [7, 11) is -3.77. The van der Waals surface area contributed by atoms with E-state index in [0.29, 0.717) is 12.1 Å². The van der Waals surface area contributed by atoms with Gasteiger partial charge in [-0.05, 0) is 42.4 Å². The molecule has 3 rings (SSSR count). The molecule has 0 spiro atoms. The van der Waals surface area contributed by atoms with Crippen LogP contribution in [0.2, 0.25) is 0 Å². The van der Waals surface area contributed by atoms with Gasteiger partial charge in [-0.3, -0.25) is 13.9 Å². The molecule has 2 aromatic carbocycles. The fraction of sp³-hybridized carbons (Fsp3) is 0.517. The minimum Gasteiger partial charge on any atom is -0.352 e. The largest absolute Gasteiger partial charge is 0.352 e. The fourth-order valence-electron chi connectivity index (χ4n) is 5.04. The lowest BCUT2D eigenvalue weighted by Crippen LogP contribution is -2.54. The number of amides is 2. The normalized spacial score (nSPS) is 15.3. The molecule has 0 heterocycles. The minimum atomic E-state index is -3.77. The van der Waals surface area contributed by atoms with Crippen LogP contribution in [0.5, 0.6) is 0 Å². The van der Waals surface area contributed by atoms with Crippen LogP contribution in [-0.2, 0) is 26.2 Å². The summed E-state index contributed by atoms with van der Waals surface area (Å²) < 4.78 is 27.0. The first-order valence-electron chi connectivity index (χ1n) is 13.3. The van der Waals surface area contributed by atoms with E-state index >= 15 is 0 Å². The Morgan fingerprint density at radius 2 is 1.59 bits per heavy atom. The van der Waals surface area contributed by atoms with E-state index in [9.17, 15) is 18.0 Å². The molecule has 1 N–H and O–H groups in total. The van der Waals surface area contributed by atoms with Crippen LogP contribution >= 0.6 is 0 Å². The standard InChI is InChI=1S/C29H41N3O4S/c1-5-26(29(34)30-24-16-10-7-11-17-24)31(20-23-14-8-6-9-15-23)28(33)21-32(37(4,35)36)27-19-13-12-18-25(27)22(2)3/h6,8-9,12-15,18-19,22,24,26H,5,7,10-11,16-17,20-21H2,1-4H3,(H,30,34)/t26-/m0/s1. The Morgan fingerprint density at radius 3 is 2.19 bits per heavy atom. The number of anilines is 1. The molecule has 1 aliphatic carbocycles. The monoisotopic (exact) mass is 527 g/mol. The highest BCUT2D eigenvalue weighted by atomic mass is 32.2. The highest BCUT2D eigenvalue weighted by Gasteiger charge is 2.33. The Labute approximate surface area is 222 Å². The summed E-state index contributed by atoms with van der Waals surface area (Å²) in [6, 6.07) is 16.2. The van der Waals surface area contributed by atoms with Crippen LogP contribution in [0.1, 0.15) is 76.3 Å². The van der Waals surface area contributed by atoms with Gasteiger partial charge >= 0.3 is 0 Å². The van der Waals surface area contributed by atoms with Gasteiger partial charge < -0.3 is 10.2 Å². The first-order chi connectivity index (χ1) is 17.6. The van der Waals surface area contributed by atoms with Crippen LogP contribution in [-0.4, -0.2) is 50.0 Å². The summed E-state index contributed by atoms with van der Waals surface area (Å²) in [6.45, 7) is 5.72. The molecule has 37 heavy (non-hydrogen) atoms. The Hall–Kier alpha value is -2.87. The molecule has 1 saturated carbocycles. The van der Waals surface area contributed by atoms with Gasteiger partial charge in [-0.15, -0.1) is 0 Å². The summed E-state index contributed by atoms with van der Waals surface area (Å²) >= 11 is 0. The topological polar surface area (TPSA) is 86.8 Å². The highest BCUT2D eigenvalue weighted by molar-refractivity contribution is 7.92. The van der Waals surface area contributed by atoms with Gasteiger partial charge in [0.05, 0.1) is 11.9 Å². The third kappa shape index (κ3) is 7.81. The first-order valence-corrected chi connectivity index (χ1v) is 15.2. The van der Waals surface area contributed by atoms with Crippen LogP contribution in [0.15, 0.2) is 54.6 Å². The van der Waals surface area contributed by atoms with E-state index in [0.717, 1.165) is 43.1 Å². The zero-order chi connectivity index (χ0) is 27.0. The lowest BCUT2D eigenvalue weighted by molar-refractivity contribution is -0.140. The van der Waals surface area contributed by atoms with Crippen molar-refractivity contribution in [2.75, 3.05) is 17.1 Å². The molecule has 0 radical (unpaired) electrons. The molecule has 202 valence electrons. The minimum absolute atomic E-state index is 0.0700. The fourth-order valence-corrected chi connectivity index (χ4v) is 5.91. The summed E-state index contributed by atoms with van der Waals surface area (Å²) in [6.07, 6.45) is 6.80. The molecule has 0 aromatic heterocycles. The van der Waals surface area contributed by atoms with Crippen LogP contribution in [0, 0.1) is 0 Å². The lowest BCUT2D eigenvalue weighted by Gasteiger charge is -2.34. The van der Waals surface area contributed by atoms with E-state index in [-0.39, 0.29) is 31.0 Å². The average molecular weight is 528 g/mol. The number of carbonyl (C=O) groups excluding carboxylic acids is 2. The number of para-hydroxylation sites is 1. The predicted molar refractivity (Wildman–Crippen MR) is 149 cm³/mol. The second-order valence-electron chi connectivity index (χ2n) is 10.3. The molecular formula is C29H41N3O4S. The molecule has 7 nitrogen and oxygen atoms in total. The molecule has 1 fully saturated rings. The second kappa shape index (κ2) is 13.1. The SMILES string of the molecule is CC[C@@H](C(=O)NC1CCCCC1)N(Cc1ccccc1)C(=O)CN(c1ccccc1C(C)C)S(C)(=O)=O. The van der Waals surface area contributed by atoms with E-state index in [2.05, 4.69) is 5.32 Å². The van der Waals surface area contributed by atoms with Gasteiger partial charge in [-0.25, -0.2) is 8.42 Å². The average Bonchev–Trinajstić information content (AvgIpc) is 2.87. The highest BCUT2D eigenvalue weighted by Crippen LogP contribution is 2.29. The summed E-state index contributed by atoms with van der Waals surface area (Å²) in [5.74, 6) is -0.508. The van der Waals surface area contributed by atoms with Crippen molar-refractivity contribution in [1.82, 2.24) is 10.2 Å². The third-order valence-corrected chi connectivity index (χ3v) is 8.17. The maximum atomic E-state index is 13.9. The molecule has 2 aromatic rings. The predicted octanol–water partition coefficient (Wildman–Crippen LogP) is 4.83. The number of hydrogen-bond acceptors (Lipinski definition) is 4. The molecule has 0 aliphatic heterocycles. The van der Waals surface area contributed by atoms with E-state index in [1.54, 1.807) is 17.0 Å². The number of rotatable bonds is 11. The number of sulfonamides is 1. The summed E-state index contributed by atoms with van der Waals surface area (Å²) in [4.78, 5) is 28.9. The van der Waals surface area contributed by atoms with Crippen molar-refractivity contribution in [3.8, 4) is 0 Å².